The van der Waals surface area contributed by atoms with Crippen molar-refractivity contribution < 1.29 is 4.92 Å². The average molecular weight is 208 g/mol. The number of nitro groups is 1. The van der Waals surface area contributed by atoms with Crippen LogP contribution in [0.2, 0.25) is 0 Å². The summed E-state index contributed by atoms with van der Waals surface area (Å²) in [6.45, 7) is 0. The van der Waals surface area contributed by atoms with Crippen molar-refractivity contribution in [2.45, 2.75) is 0 Å². The van der Waals surface area contributed by atoms with E-state index in [2.05, 4.69) is 0 Å². The van der Waals surface area contributed by atoms with Crippen molar-refractivity contribution in [3.8, 4) is 0 Å². The summed E-state index contributed by atoms with van der Waals surface area (Å²) in [5.41, 5.74) is 6.74. The quantitative estimate of drug-likeness (QED) is 0.338. The van der Waals surface area contributed by atoms with E-state index in [4.69, 9.17) is 11.1 Å². The minimum Gasteiger partial charge on any atom is -0.398 e. The molecule has 0 aliphatic carbocycles. The molecule has 0 saturated carbocycles. The first-order valence-electron chi connectivity index (χ1n) is 4.23. The van der Waals surface area contributed by atoms with Gasteiger partial charge < -0.3 is 16.0 Å². The first-order chi connectivity index (χ1) is 6.97. The van der Waals surface area contributed by atoms with E-state index in [1.807, 2.05) is 0 Å². The number of nitrogens with one attached hydrogen (secondary N) is 1. The number of nitro benzene ring substituents is 1. The molecule has 6 nitrogen and oxygen atoms in total. The summed E-state index contributed by atoms with van der Waals surface area (Å²) in [7, 11) is 3.40. The number of nitrogen functional groups attached to an aromatic ring is 1. The van der Waals surface area contributed by atoms with Crippen molar-refractivity contribution in [1.82, 2.24) is 0 Å². The van der Waals surface area contributed by atoms with Gasteiger partial charge in [0.2, 0.25) is 0 Å². The maximum atomic E-state index is 10.8. The summed E-state index contributed by atoms with van der Waals surface area (Å²) in [4.78, 5) is 11.9. The summed E-state index contributed by atoms with van der Waals surface area (Å²) in [6, 6.07) is 2.80. The maximum Gasteiger partial charge on any atom is 0.293 e. The summed E-state index contributed by atoms with van der Waals surface area (Å²) in [6.07, 6.45) is 1.00. The lowest BCUT2D eigenvalue weighted by atomic mass is 10.1. The van der Waals surface area contributed by atoms with Crippen LogP contribution in [-0.2, 0) is 0 Å². The third-order valence-corrected chi connectivity index (χ3v) is 2.01. The van der Waals surface area contributed by atoms with Gasteiger partial charge in [-0.1, -0.05) is 0 Å². The number of benzene rings is 1. The van der Waals surface area contributed by atoms with Crippen molar-refractivity contribution >= 4 is 23.3 Å². The highest BCUT2D eigenvalue weighted by Crippen LogP contribution is 2.30. The first-order valence-corrected chi connectivity index (χ1v) is 4.23. The van der Waals surface area contributed by atoms with Crippen molar-refractivity contribution in [3.63, 3.8) is 0 Å². The number of nitrogens with two attached hydrogens (primary N) is 1. The Balaban J connectivity index is 3.45. The van der Waals surface area contributed by atoms with E-state index >= 15 is 0 Å². The van der Waals surface area contributed by atoms with Crippen LogP contribution in [0.3, 0.4) is 0 Å². The summed E-state index contributed by atoms with van der Waals surface area (Å²) >= 11 is 0. The highest BCUT2D eigenvalue weighted by molar-refractivity contribution is 5.89. The van der Waals surface area contributed by atoms with Gasteiger partial charge in [0.05, 0.1) is 4.92 Å². The van der Waals surface area contributed by atoms with Gasteiger partial charge in [0.25, 0.3) is 5.69 Å². The second kappa shape index (κ2) is 3.95. The van der Waals surface area contributed by atoms with Crippen molar-refractivity contribution in [3.05, 3.63) is 27.8 Å². The standard InChI is InChI=1S/C9H12N4O2/c1-12(2)8-4-7(11)6(5-10)3-9(8)13(14)15/h3-5,10H,11H2,1-2H3. The van der Waals surface area contributed by atoms with E-state index in [1.54, 1.807) is 19.0 Å². The van der Waals surface area contributed by atoms with Crippen LogP contribution < -0.4 is 10.6 Å². The molecule has 0 bridgehead atoms. The molecule has 0 radical (unpaired) electrons. The molecule has 0 saturated heterocycles. The Labute approximate surface area is 87.0 Å². The minimum atomic E-state index is -0.484. The molecule has 0 aliphatic rings. The van der Waals surface area contributed by atoms with Crippen LogP contribution >= 0.6 is 0 Å². The molecule has 1 aromatic rings. The smallest absolute Gasteiger partial charge is 0.293 e. The molecule has 6 heteroatoms. The molecule has 0 fully saturated rings. The van der Waals surface area contributed by atoms with E-state index in [0.29, 0.717) is 16.9 Å². The lowest BCUT2D eigenvalue weighted by Crippen LogP contribution is -2.12. The fourth-order valence-electron chi connectivity index (χ4n) is 1.24. The second-order valence-electron chi connectivity index (χ2n) is 3.27. The predicted molar refractivity (Wildman–Crippen MR) is 59.7 cm³/mol. The predicted octanol–water partition coefficient (Wildman–Crippen LogP) is 1.24. The normalized spacial score (nSPS) is 9.73. The average Bonchev–Trinajstić information content (AvgIpc) is 2.16. The Morgan fingerprint density at radius 1 is 1.53 bits per heavy atom. The summed E-state index contributed by atoms with van der Waals surface area (Å²) in [5, 5.41) is 17.8. The van der Waals surface area contributed by atoms with Crippen molar-refractivity contribution in [2.24, 2.45) is 0 Å². The van der Waals surface area contributed by atoms with Gasteiger partial charge in [0.15, 0.2) is 0 Å². The Morgan fingerprint density at radius 2 is 2.13 bits per heavy atom. The molecular formula is C9H12N4O2. The van der Waals surface area contributed by atoms with E-state index in [1.165, 1.54) is 12.1 Å². The van der Waals surface area contributed by atoms with E-state index < -0.39 is 4.92 Å². The molecule has 0 aliphatic heterocycles. The van der Waals surface area contributed by atoms with Crippen molar-refractivity contribution in [2.75, 3.05) is 24.7 Å². The van der Waals surface area contributed by atoms with Gasteiger partial charge in [-0.2, -0.15) is 0 Å². The second-order valence-corrected chi connectivity index (χ2v) is 3.27. The Hall–Kier alpha value is -2.11. The van der Waals surface area contributed by atoms with Crippen molar-refractivity contribution in [1.29, 1.82) is 5.41 Å². The highest BCUT2D eigenvalue weighted by atomic mass is 16.6. The molecule has 1 aromatic carbocycles. The lowest BCUT2D eigenvalue weighted by Gasteiger charge is -2.14. The van der Waals surface area contributed by atoms with Gasteiger partial charge in [-0.15, -0.1) is 0 Å². The van der Waals surface area contributed by atoms with Gasteiger partial charge in [-0.05, 0) is 6.07 Å². The molecule has 0 aromatic heterocycles. The number of anilines is 2. The van der Waals surface area contributed by atoms with Crippen LogP contribution in [-0.4, -0.2) is 25.2 Å². The zero-order valence-electron chi connectivity index (χ0n) is 8.52. The molecule has 0 heterocycles. The zero-order chi connectivity index (χ0) is 11.6. The molecule has 15 heavy (non-hydrogen) atoms. The third kappa shape index (κ3) is 2.04. The molecule has 0 atom stereocenters. The largest absolute Gasteiger partial charge is 0.398 e. The SMILES string of the molecule is CN(C)c1cc(N)c(C=N)cc1[N+](=O)[O-]. The van der Waals surface area contributed by atoms with E-state index in [-0.39, 0.29) is 5.69 Å². The topological polar surface area (TPSA) is 96.2 Å². The van der Waals surface area contributed by atoms with Crippen LogP contribution in [0.4, 0.5) is 17.1 Å². The van der Waals surface area contributed by atoms with Crippen LogP contribution in [0.15, 0.2) is 12.1 Å². The third-order valence-electron chi connectivity index (χ3n) is 2.01. The molecule has 0 amide bonds. The first kappa shape index (κ1) is 11.0. The fourth-order valence-corrected chi connectivity index (χ4v) is 1.24. The molecule has 3 N–H and O–H groups in total. The minimum absolute atomic E-state index is 0.0484. The Morgan fingerprint density at radius 3 is 2.53 bits per heavy atom. The molecular weight excluding hydrogens is 196 g/mol. The molecule has 1 rings (SSSR count). The van der Waals surface area contributed by atoms with Gasteiger partial charge in [-0.3, -0.25) is 10.1 Å². The zero-order valence-corrected chi connectivity index (χ0v) is 8.52. The molecule has 0 spiro atoms. The number of hydrogen-bond donors (Lipinski definition) is 2. The van der Waals surface area contributed by atoms with Gasteiger partial charge in [0.1, 0.15) is 5.69 Å². The summed E-state index contributed by atoms with van der Waals surface area (Å²) < 4.78 is 0. The lowest BCUT2D eigenvalue weighted by molar-refractivity contribution is -0.384. The van der Waals surface area contributed by atoms with Crippen LogP contribution in [0.25, 0.3) is 0 Å². The highest BCUT2D eigenvalue weighted by Gasteiger charge is 2.17. The van der Waals surface area contributed by atoms with Crippen LogP contribution in [0.5, 0.6) is 0 Å². The fraction of sp³-hybridized carbons (Fsp3) is 0.222. The van der Waals surface area contributed by atoms with E-state index in [0.717, 1.165) is 6.21 Å². The molecule has 80 valence electrons. The van der Waals surface area contributed by atoms with E-state index in [9.17, 15) is 10.1 Å². The van der Waals surface area contributed by atoms with Crippen LogP contribution in [0.1, 0.15) is 5.56 Å². The van der Waals surface area contributed by atoms with Gasteiger partial charge in [-0.25, -0.2) is 0 Å². The monoisotopic (exact) mass is 208 g/mol. The number of hydrogen-bond acceptors (Lipinski definition) is 5. The van der Waals surface area contributed by atoms with Crippen LogP contribution in [0, 0.1) is 15.5 Å². The number of nitrogens with zero attached hydrogens (tertiary/aromatic N) is 2. The Kier molecular flexibility index (Phi) is 2.89. The number of rotatable bonds is 3. The Bertz CT molecular complexity index is 415. The van der Waals surface area contributed by atoms with Gasteiger partial charge in [0, 0.05) is 37.6 Å². The van der Waals surface area contributed by atoms with Gasteiger partial charge >= 0.3 is 0 Å². The maximum absolute atomic E-state index is 10.8. The summed E-state index contributed by atoms with van der Waals surface area (Å²) in [5.74, 6) is 0. The molecule has 0 unspecified atom stereocenters.